The molecular formula is C15H18N4O. The molecule has 1 saturated carbocycles. The van der Waals surface area contributed by atoms with E-state index in [1.807, 2.05) is 31.2 Å². The van der Waals surface area contributed by atoms with Crippen molar-refractivity contribution in [3.8, 4) is 11.4 Å². The summed E-state index contributed by atoms with van der Waals surface area (Å²) in [7, 11) is 0. The number of H-pyrrole nitrogens is 1. The van der Waals surface area contributed by atoms with E-state index in [-0.39, 0.29) is 11.8 Å². The average Bonchev–Trinajstić information content (AvgIpc) is 3.10. The quantitative estimate of drug-likeness (QED) is 0.900. The van der Waals surface area contributed by atoms with E-state index in [9.17, 15) is 4.79 Å². The second kappa shape index (κ2) is 5.45. The van der Waals surface area contributed by atoms with Crippen LogP contribution in [0, 0.1) is 12.8 Å². The molecule has 1 aromatic heterocycles. The second-order valence-electron chi connectivity index (χ2n) is 5.29. The van der Waals surface area contributed by atoms with Gasteiger partial charge in [0.25, 0.3) is 0 Å². The van der Waals surface area contributed by atoms with Gasteiger partial charge in [0, 0.05) is 17.2 Å². The third kappa shape index (κ3) is 2.71. The highest BCUT2D eigenvalue weighted by molar-refractivity contribution is 5.92. The minimum Gasteiger partial charge on any atom is -0.326 e. The van der Waals surface area contributed by atoms with Crippen LogP contribution in [0.5, 0.6) is 0 Å². The summed E-state index contributed by atoms with van der Waals surface area (Å²) in [4.78, 5) is 16.3. The fourth-order valence-electron chi connectivity index (χ4n) is 2.61. The van der Waals surface area contributed by atoms with Crippen LogP contribution < -0.4 is 5.32 Å². The number of hydrogen-bond donors (Lipinski definition) is 2. The van der Waals surface area contributed by atoms with Gasteiger partial charge >= 0.3 is 0 Å². The van der Waals surface area contributed by atoms with Crippen molar-refractivity contribution in [3.63, 3.8) is 0 Å². The molecule has 2 N–H and O–H groups in total. The predicted molar refractivity (Wildman–Crippen MR) is 77.1 cm³/mol. The molecule has 1 heterocycles. The van der Waals surface area contributed by atoms with Crippen molar-refractivity contribution in [1.29, 1.82) is 0 Å². The molecule has 3 rings (SSSR count). The van der Waals surface area contributed by atoms with Gasteiger partial charge in [-0.3, -0.25) is 9.89 Å². The lowest BCUT2D eigenvalue weighted by Gasteiger charge is -2.10. The zero-order valence-corrected chi connectivity index (χ0v) is 11.5. The summed E-state index contributed by atoms with van der Waals surface area (Å²) in [5.41, 5.74) is 1.77. The number of aromatic nitrogens is 3. The Morgan fingerprint density at radius 1 is 1.25 bits per heavy atom. The van der Waals surface area contributed by atoms with Gasteiger partial charge in [0.1, 0.15) is 5.82 Å². The molecule has 0 bridgehead atoms. The Morgan fingerprint density at radius 2 is 1.95 bits per heavy atom. The smallest absolute Gasteiger partial charge is 0.227 e. The zero-order chi connectivity index (χ0) is 13.9. The topological polar surface area (TPSA) is 70.7 Å². The summed E-state index contributed by atoms with van der Waals surface area (Å²) < 4.78 is 0. The Kier molecular flexibility index (Phi) is 3.50. The van der Waals surface area contributed by atoms with Crippen LogP contribution in [-0.2, 0) is 4.79 Å². The molecule has 0 aliphatic heterocycles. The molecule has 2 aromatic rings. The van der Waals surface area contributed by atoms with Crippen molar-refractivity contribution >= 4 is 11.6 Å². The highest BCUT2D eigenvalue weighted by Crippen LogP contribution is 2.26. The number of hydrogen-bond acceptors (Lipinski definition) is 3. The molecule has 1 aliphatic carbocycles. The Morgan fingerprint density at radius 3 is 2.55 bits per heavy atom. The fraction of sp³-hybridized carbons (Fsp3) is 0.400. The van der Waals surface area contributed by atoms with E-state index in [1.54, 1.807) is 0 Å². The number of aromatic amines is 1. The minimum atomic E-state index is 0.143. The van der Waals surface area contributed by atoms with E-state index in [4.69, 9.17) is 0 Å². The van der Waals surface area contributed by atoms with E-state index in [0.717, 1.165) is 29.9 Å². The maximum Gasteiger partial charge on any atom is 0.227 e. The molecule has 1 aromatic carbocycles. The Balaban J connectivity index is 1.68. The molecule has 5 heteroatoms. The molecule has 0 radical (unpaired) electrons. The van der Waals surface area contributed by atoms with Gasteiger partial charge in [-0.2, -0.15) is 5.10 Å². The fourth-order valence-corrected chi connectivity index (χ4v) is 2.61. The molecule has 5 nitrogen and oxygen atoms in total. The first-order valence-electron chi connectivity index (χ1n) is 7.03. The van der Waals surface area contributed by atoms with Crippen LogP contribution in [0.1, 0.15) is 31.5 Å². The first-order valence-corrected chi connectivity index (χ1v) is 7.03. The van der Waals surface area contributed by atoms with E-state index in [1.165, 1.54) is 12.8 Å². The SMILES string of the molecule is Cc1nc(-c2ccc(NC(=O)C3CCCC3)cc2)n[nH]1. The van der Waals surface area contributed by atoms with Crippen molar-refractivity contribution in [1.82, 2.24) is 15.2 Å². The third-order valence-corrected chi connectivity index (χ3v) is 3.73. The van der Waals surface area contributed by atoms with E-state index in [0.29, 0.717) is 5.82 Å². The highest BCUT2D eigenvalue weighted by Gasteiger charge is 2.22. The standard InChI is InChI=1S/C15H18N4O/c1-10-16-14(19-18-10)11-6-8-13(9-7-11)17-15(20)12-4-2-3-5-12/h6-9,12H,2-5H2,1H3,(H,17,20)(H,16,18,19). The average molecular weight is 270 g/mol. The van der Waals surface area contributed by atoms with Crippen LogP contribution >= 0.6 is 0 Å². The van der Waals surface area contributed by atoms with Crippen molar-refractivity contribution in [2.75, 3.05) is 5.32 Å². The van der Waals surface area contributed by atoms with E-state index in [2.05, 4.69) is 20.5 Å². The molecule has 1 fully saturated rings. The lowest BCUT2D eigenvalue weighted by Crippen LogP contribution is -2.20. The Hall–Kier alpha value is -2.17. The van der Waals surface area contributed by atoms with Gasteiger partial charge < -0.3 is 5.32 Å². The van der Waals surface area contributed by atoms with Crippen LogP contribution in [0.2, 0.25) is 0 Å². The summed E-state index contributed by atoms with van der Waals surface area (Å²) in [6, 6.07) is 7.64. The lowest BCUT2D eigenvalue weighted by atomic mass is 10.1. The Labute approximate surface area is 117 Å². The first kappa shape index (κ1) is 12.8. The monoisotopic (exact) mass is 270 g/mol. The van der Waals surface area contributed by atoms with Crippen molar-refractivity contribution in [2.24, 2.45) is 5.92 Å². The number of nitrogens with one attached hydrogen (secondary N) is 2. The molecule has 1 aliphatic rings. The summed E-state index contributed by atoms with van der Waals surface area (Å²) in [5.74, 6) is 1.80. The summed E-state index contributed by atoms with van der Waals surface area (Å²) in [6.07, 6.45) is 4.36. The summed E-state index contributed by atoms with van der Waals surface area (Å²) in [6.45, 7) is 1.87. The molecular weight excluding hydrogens is 252 g/mol. The van der Waals surface area contributed by atoms with Gasteiger partial charge in [-0.1, -0.05) is 12.8 Å². The van der Waals surface area contributed by atoms with Gasteiger partial charge in [-0.05, 0) is 44.0 Å². The van der Waals surface area contributed by atoms with Crippen LogP contribution in [-0.4, -0.2) is 21.1 Å². The largest absolute Gasteiger partial charge is 0.326 e. The van der Waals surface area contributed by atoms with Crippen molar-refractivity contribution < 1.29 is 4.79 Å². The predicted octanol–water partition coefficient (Wildman–Crippen LogP) is 2.91. The first-order chi connectivity index (χ1) is 9.72. The number of anilines is 1. The van der Waals surface area contributed by atoms with Gasteiger partial charge in [0.15, 0.2) is 5.82 Å². The van der Waals surface area contributed by atoms with Crippen LogP contribution in [0.3, 0.4) is 0 Å². The molecule has 1 amide bonds. The van der Waals surface area contributed by atoms with Crippen LogP contribution in [0.15, 0.2) is 24.3 Å². The third-order valence-electron chi connectivity index (χ3n) is 3.73. The molecule has 0 spiro atoms. The number of nitrogens with zero attached hydrogens (tertiary/aromatic N) is 2. The van der Waals surface area contributed by atoms with E-state index >= 15 is 0 Å². The lowest BCUT2D eigenvalue weighted by molar-refractivity contribution is -0.119. The minimum absolute atomic E-state index is 0.143. The van der Waals surface area contributed by atoms with Crippen LogP contribution in [0.25, 0.3) is 11.4 Å². The van der Waals surface area contributed by atoms with Gasteiger partial charge in [0.2, 0.25) is 5.91 Å². The number of amides is 1. The highest BCUT2D eigenvalue weighted by atomic mass is 16.1. The van der Waals surface area contributed by atoms with Crippen molar-refractivity contribution in [3.05, 3.63) is 30.1 Å². The molecule has 0 saturated heterocycles. The van der Waals surface area contributed by atoms with Gasteiger partial charge in [-0.15, -0.1) is 0 Å². The summed E-state index contributed by atoms with van der Waals surface area (Å²) in [5, 5.41) is 9.92. The van der Waals surface area contributed by atoms with Gasteiger partial charge in [0.05, 0.1) is 0 Å². The Bertz CT molecular complexity index is 597. The van der Waals surface area contributed by atoms with Crippen molar-refractivity contribution in [2.45, 2.75) is 32.6 Å². The number of benzene rings is 1. The normalized spacial score (nSPS) is 15.4. The molecule has 104 valence electrons. The molecule has 0 unspecified atom stereocenters. The second-order valence-corrected chi connectivity index (χ2v) is 5.29. The number of carbonyl (C=O) groups excluding carboxylic acids is 1. The van der Waals surface area contributed by atoms with Gasteiger partial charge in [-0.25, -0.2) is 4.98 Å². The number of rotatable bonds is 3. The molecule has 20 heavy (non-hydrogen) atoms. The maximum absolute atomic E-state index is 12.0. The number of aryl methyl sites for hydroxylation is 1. The van der Waals surface area contributed by atoms with Crippen LogP contribution in [0.4, 0.5) is 5.69 Å². The zero-order valence-electron chi connectivity index (χ0n) is 11.5. The summed E-state index contributed by atoms with van der Waals surface area (Å²) >= 11 is 0. The van der Waals surface area contributed by atoms with E-state index < -0.39 is 0 Å². The molecule has 0 atom stereocenters. The number of carbonyl (C=O) groups is 1. The maximum atomic E-state index is 12.0.